The highest BCUT2D eigenvalue weighted by Gasteiger charge is 2.28. The maximum Gasteiger partial charge on any atom is 0.201 e. The number of methoxy groups -OCH3 is 1. The Morgan fingerprint density at radius 1 is 1.25 bits per heavy atom. The van der Waals surface area contributed by atoms with Gasteiger partial charge in [-0.05, 0) is 43.2 Å². The molecule has 1 aromatic carbocycles. The fourth-order valence-corrected chi connectivity index (χ4v) is 3.41. The molecule has 108 valence electrons. The number of hydrogen-bond acceptors (Lipinski definition) is 3. The van der Waals surface area contributed by atoms with Gasteiger partial charge in [-0.2, -0.15) is 0 Å². The predicted octanol–water partition coefficient (Wildman–Crippen LogP) is 3.62. The number of nitrogens with two attached hydrogens (primary N) is 1. The highest BCUT2D eigenvalue weighted by atomic mass is 16.5. The van der Waals surface area contributed by atoms with Crippen LogP contribution in [0, 0.1) is 11.8 Å². The number of fused-ring (bicyclic) bond motifs is 1. The first-order valence-corrected chi connectivity index (χ1v) is 7.42. The molecule has 0 bridgehead atoms. The van der Waals surface area contributed by atoms with Gasteiger partial charge in [0.15, 0.2) is 0 Å². The van der Waals surface area contributed by atoms with E-state index in [1.54, 1.807) is 7.11 Å². The van der Waals surface area contributed by atoms with Gasteiger partial charge < -0.3 is 15.0 Å². The molecule has 0 radical (unpaired) electrons. The zero-order valence-corrected chi connectivity index (χ0v) is 12.5. The largest absolute Gasteiger partial charge is 0.494 e. The molecule has 4 nitrogen and oxygen atoms in total. The van der Waals surface area contributed by atoms with E-state index in [2.05, 4.69) is 29.5 Å². The predicted molar refractivity (Wildman–Crippen MR) is 81.9 cm³/mol. The van der Waals surface area contributed by atoms with Gasteiger partial charge in [0.05, 0.1) is 12.6 Å². The maximum absolute atomic E-state index is 6.18. The standard InChI is InChI=1S/C16H23N3O/c1-10-7-8-12(9-11(10)2)19-13-5-4-6-14(20-3)15(13)18-16(19)17/h4-6,10-12H,7-9H2,1-3H3,(H2,17,18). The van der Waals surface area contributed by atoms with Crippen LogP contribution in [0.1, 0.15) is 39.2 Å². The highest BCUT2D eigenvalue weighted by Crippen LogP contribution is 2.39. The zero-order chi connectivity index (χ0) is 14.3. The van der Waals surface area contributed by atoms with Gasteiger partial charge in [0.2, 0.25) is 5.95 Å². The Morgan fingerprint density at radius 3 is 2.75 bits per heavy atom. The molecule has 2 N–H and O–H groups in total. The van der Waals surface area contributed by atoms with E-state index in [9.17, 15) is 0 Å². The molecule has 3 atom stereocenters. The molecule has 0 saturated heterocycles. The molecular weight excluding hydrogens is 250 g/mol. The Labute approximate surface area is 119 Å². The first kappa shape index (κ1) is 13.3. The molecule has 1 aliphatic rings. The van der Waals surface area contributed by atoms with Crippen molar-refractivity contribution in [2.75, 3.05) is 12.8 Å². The van der Waals surface area contributed by atoms with E-state index >= 15 is 0 Å². The molecule has 20 heavy (non-hydrogen) atoms. The topological polar surface area (TPSA) is 53.1 Å². The number of nitrogens with zero attached hydrogens (tertiary/aromatic N) is 2. The second-order valence-corrected chi connectivity index (χ2v) is 6.09. The van der Waals surface area contributed by atoms with Crippen LogP contribution >= 0.6 is 0 Å². The average Bonchev–Trinajstić information content (AvgIpc) is 2.78. The maximum atomic E-state index is 6.18. The van der Waals surface area contributed by atoms with Crippen LogP contribution in [-0.4, -0.2) is 16.7 Å². The molecule has 1 saturated carbocycles. The fourth-order valence-electron chi connectivity index (χ4n) is 3.41. The first-order chi connectivity index (χ1) is 9.61. The SMILES string of the molecule is COc1cccc2c1nc(N)n2C1CCC(C)C(C)C1. The first-order valence-electron chi connectivity index (χ1n) is 7.42. The van der Waals surface area contributed by atoms with E-state index in [-0.39, 0.29) is 0 Å². The van der Waals surface area contributed by atoms with E-state index in [1.807, 2.05) is 12.1 Å². The summed E-state index contributed by atoms with van der Waals surface area (Å²) in [5.41, 5.74) is 8.15. The van der Waals surface area contributed by atoms with Crippen LogP contribution in [0.15, 0.2) is 18.2 Å². The van der Waals surface area contributed by atoms with Crippen LogP contribution in [0.4, 0.5) is 5.95 Å². The van der Waals surface area contributed by atoms with E-state index in [4.69, 9.17) is 10.5 Å². The van der Waals surface area contributed by atoms with Crippen molar-refractivity contribution >= 4 is 17.0 Å². The van der Waals surface area contributed by atoms with Crippen LogP contribution in [-0.2, 0) is 0 Å². The molecule has 1 heterocycles. The van der Waals surface area contributed by atoms with Crippen molar-refractivity contribution in [2.24, 2.45) is 11.8 Å². The van der Waals surface area contributed by atoms with Crippen LogP contribution in [0.25, 0.3) is 11.0 Å². The zero-order valence-electron chi connectivity index (χ0n) is 12.5. The summed E-state index contributed by atoms with van der Waals surface area (Å²) in [5, 5.41) is 0. The van der Waals surface area contributed by atoms with Gasteiger partial charge in [-0.3, -0.25) is 0 Å². The second kappa shape index (κ2) is 5.00. The number of ether oxygens (including phenoxy) is 1. The van der Waals surface area contributed by atoms with Gasteiger partial charge in [-0.15, -0.1) is 0 Å². The monoisotopic (exact) mass is 273 g/mol. The lowest BCUT2D eigenvalue weighted by Crippen LogP contribution is -2.24. The van der Waals surface area contributed by atoms with Crippen LogP contribution < -0.4 is 10.5 Å². The summed E-state index contributed by atoms with van der Waals surface area (Å²) in [6.45, 7) is 4.69. The minimum atomic E-state index is 0.457. The Hall–Kier alpha value is -1.71. The van der Waals surface area contributed by atoms with Gasteiger partial charge in [-0.1, -0.05) is 19.9 Å². The second-order valence-electron chi connectivity index (χ2n) is 6.09. The van der Waals surface area contributed by atoms with Gasteiger partial charge >= 0.3 is 0 Å². The highest BCUT2D eigenvalue weighted by molar-refractivity contribution is 5.84. The van der Waals surface area contributed by atoms with E-state index < -0.39 is 0 Å². The van der Waals surface area contributed by atoms with Gasteiger partial charge in [0.1, 0.15) is 11.3 Å². The Bertz CT molecular complexity index is 619. The molecule has 2 aromatic rings. The summed E-state index contributed by atoms with van der Waals surface area (Å²) < 4.78 is 7.60. The van der Waals surface area contributed by atoms with Crippen molar-refractivity contribution in [3.63, 3.8) is 0 Å². The Balaban J connectivity index is 2.05. The van der Waals surface area contributed by atoms with Crippen molar-refractivity contribution in [1.29, 1.82) is 0 Å². The Morgan fingerprint density at radius 2 is 2.05 bits per heavy atom. The van der Waals surface area contributed by atoms with Gasteiger partial charge in [0, 0.05) is 6.04 Å². The van der Waals surface area contributed by atoms with Gasteiger partial charge in [-0.25, -0.2) is 4.98 Å². The number of aromatic nitrogens is 2. The van der Waals surface area contributed by atoms with Crippen molar-refractivity contribution in [1.82, 2.24) is 9.55 Å². The summed E-state index contributed by atoms with van der Waals surface area (Å²) in [7, 11) is 1.67. The lowest BCUT2D eigenvalue weighted by Gasteiger charge is -2.33. The molecular formula is C16H23N3O. The molecule has 1 fully saturated rings. The molecule has 3 unspecified atom stereocenters. The third kappa shape index (κ3) is 2.03. The molecule has 0 aliphatic heterocycles. The number of anilines is 1. The third-order valence-corrected chi connectivity index (χ3v) is 4.87. The van der Waals surface area contributed by atoms with Crippen molar-refractivity contribution in [3.05, 3.63) is 18.2 Å². The molecule has 3 rings (SSSR count). The molecule has 0 amide bonds. The van der Waals surface area contributed by atoms with Crippen molar-refractivity contribution < 1.29 is 4.74 Å². The third-order valence-electron chi connectivity index (χ3n) is 4.87. The molecule has 1 aromatic heterocycles. The minimum Gasteiger partial charge on any atom is -0.494 e. The van der Waals surface area contributed by atoms with Crippen LogP contribution in [0.5, 0.6) is 5.75 Å². The molecule has 0 spiro atoms. The smallest absolute Gasteiger partial charge is 0.201 e. The lowest BCUT2D eigenvalue weighted by atomic mass is 9.79. The number of rotatable bonds is 2. The van der Waals surface area contributed by atoms with E-state index in [1.165, 1.54) is 19.3 Å². The van der Waals surface area contributed by atoms with Gasteiger partial charge in [0.25, 0.3) is 0 Å². The summed E-state index contributed by atoms with van der Waals surface area (Å²) in [6.07, 6.45) is 3.61. The normalized spacial score (nSPS) is 26.9. The number of para-hydroxylation sites is 1. The summed E-state index contributed by atoms with van der Waals surface area (Å²) in [4.78, 5) is 4.52. The fraction of sp³-hybridized carbons (Fsp3) is 0.562. The summed E-state index contributed by atoms with van der Waals surface area (Å²) in [6, 6.07) is 6.49. The average molecular weight is 273 g/mol. The number of nitrogen functional groups attached to an aromatic ring is 1. The number of hydrogen-bond donors (Lipinski definition) is 1. The molecule has 4 heteroatoms. The van der Waals surface area contributed by atoms with E-state index in [0.717, 1.165) is 28.6 Å². The Kier molecular flexibility index (Phi) is 3.32. The van der Waals surface area contributed by atoms with E-state index in [0.29, 0.717) is 12.0 Å². The van der Waals surface area contributed by atoms with Crippen LogP contribution in [0.3, 0.4) is 0 Å². The lowest BCUT2D eigenvalue weighted by molar-refractivity contribution is 0.215. The van der Waals surface area contributed by atoms with Crippen molar-refractivity contribution in [2.45, 2.75) is 39.2 Å². The quantitative estimate of drug-likeness (QED) is 0.909. The molecule has 1 aliphatic carbocycles. The summed E-state index contributed by atoms with van der Waals surface area (Å²) >= 11 is 0. The summed E-state index contributed by atoms with van der Waals surface area (Å²) in [5.74, 6) is 2.94. The number of benzene rings is 1. The number of imidazole rings is 1. The van der Waals surface area contributed by atoms with Crippen molar-refractivity contribution in [3.8, 4) is 5.75 Å². The van der Waals surface area contributed by atoms with Crippen LogP contribution in [0.2, 0.25) is 0 Å². The minimum absolute atomic E-state index is 0.457.